The number of allylic oxidation sites excluding steroid dienone is 4. The van der Waals surface area contributed by atoms with Crippen LogP contribution in [0.4, 0.5) is 0 Å². The quantitative estimate of drug-likeness (QED) is 0.272. The van der Waals surface area contributed by atoms with Gasteiger partial charge in [-0.1, -0.05) is 55.3 Å². The zero-order chi connectivity index (χ0) is 16.9. The van der Waals surface area contributed by atoms with Crippen molar-refractivity contribution in [2.24, 2.45) is 4.99 Å². The van der Waals surface area contributed by atoms with Gasteiger partial charge in [0.15, 0.2) is 0 Å². The van der Waals surface area contributed by atoms with Crippen molar-refractivity contribution in [1.29, 1.82) is 0 Å². The van der Waals surface area contributed by atoms with Crippen LogP contribution in [0.15, 0.2) is 52.6 Å². The summed E-state index contributed by atoms with van der Waals surface area (Å²) in [5, 5.41) is 0. The van der Waals surface area contributed by atoms with Crippen LogP contribution in [0.5, 0.6) is 0 Å². The molecule has 0 fully saturated rings. The Hall–Kier alpha value is -1.63. The molecule has 0 N–H and O–H groups in total. The maximum absolute atomic E-state index is 4.52. The lowest BCUT2D eigenvalue weighted by atomic mass is 10.0. The van der Waals surface area contributed by atoms with Crippen LogP contribution in [-0.2, 0) is 12.8 Å². The van der Waals surface area contributed by atoms with E-state index in [4.69, 9.17) is 0 Å². The highest BCUT2D eigenvalue weighted by Crippen LogP contribution is 2.10. The van der Waals surface area contributed by atoms with E-state index in [1.54, 1.807) is 0 Å². The van der Waals surface area contributed by atoms with Gasteiger partial charge in [-0.3, -0.25) is 4.99 Å². The average molecular weight is 312 g/mol. The molecule has 1 rings (SSSR count). The van der Waals surface area contributed by atoms with E-state index in [1.807, 2.05) is 6.21 Å². The highest BCUT2D eigenvalue weighted by Gasteiger charge is 1.95. The van der Waals surface area contributed by atoms with Crippen molar-refractivity contribution < 1.29 is 0 Å². The Morgan fingerprint density at radius 2 is 1.52 bits per heavy atom. The molecule has 23 heavy (non-hydrogen) atoms. The second-order valence-electron chi connectivity index (χ2n) is 6.33. The van der Waals surface area contributed by atoms with E-state index < -0.39 is 0 Å². The van der Waals surface area contributed by atoms with E-state index in [9.17, 15) is 0 Å². The molecule has 0 aliphatic heterocycles. The average Bonchev–Trinajstić information content (AvgIpc) is 2.57. The summed E-state index contributed by atoms with van der Waals surface area (Å²) in [7, 11) is 0. The van der Waals surface area contributed by atoms with E-state index in [0.29, 0.717) is 0 Å². The smallest absolute Gasteiger partial charge is 0.0389 e. The predicted octanol–water partition coefficient (Wildman–Crippen LogP) is 6.34. The fraction of sp³-hybridized carbons (Fsp3) is 0.500. The summed E-state index contributed by atoms with van der Waals surface area (Å²) < 4.78 is 0. The largest absolute Gasteiger partial charge is 0.293 e. The summed E-state index contributed by atoms with van der Waals surface area (Å²) in [6.07, 6.45) is 13.6. The van der Waals surface area contributed by atoms with Crippen LogP contribution in [0.1, 0.15) is 64.5 Å². The van der Waals surface area contributed by atoms with E-state index in [-0.39, 0.29) is 0 Å². The molecule has 0 amide bonds. The number of aryl methyl sites for hydroxylation is 2. The van der Waals surface area contributed by atoms with Gasteiger partial charge < -0.3 is 0 Å². The lowest BCUT2D eigenvalue weighted by Gasteiger charge is -2.03. The molecule has 0 unspecified atom stereocenters. The molecule has 0 saturated carbocycles. The van der Waals surface area contributed by atoms with Gasteiger partial charge >= 0.3 is 0 Å². The molecule has 1 aromatic rings. The molecule has 0 bridgehead atoms. The summed E-state index contributed by atoms with van der Waals surface area (Å²) in [4.78, 5) is 4.52. The fourth-order valence-electron chi connectivity index (χ4n) is 2.47. The van der Waals surface area contributed by atoms with Gasteiger partial charge in [0.05, 0.1) is 0 Å². The summed E-state index contributed by atoms with van der Waals surface area (Å²) in [6.45, 7) is 9.46. The van der Waals surface area contributed by atoms with E-state index in [2.05, 4.69) is 69.1 Å². The molecular formula is C22H33N. The Labute approximate surface area is 143 Å². The molecule has 0 aliphatic rings. The zero-order valence-corrected chi connectivity index (χ0v) is 15.4. The van der Waals surface area contributed by atoms with Crippen molar-refractivity contribution in [3.05, 3.63) is 58.7 Å². The Morgan fingerprint density at radius 1 is 0.913 bits per heavy atom. The number of benzene rings is 1. The molecule has 1 aromatic carbocycles. The third-order valence-corrected chi connectivity index (χ3v) is 4.05. The summed E-state index contributed by atoms with van der Waals surface area (Å²) >= 11 is 0. The van der Waals surface area contributed by atoms with Gasteiger partial charge in [-0.15, -0.1) is 0 Å². The van der Waals surface area contributed by atoms with Crippen molar-refractivity contribution in [2.45, 2.75) is 66.2 Å². The molecule has 0 spiro atoms. The molecule has 0 aliphatic carbocycles. The van der Waals surface area contributed by atoms with Crippen LogP contribution < -0.4 is 0 Å². The van der Waals surface area contributed by atoms with Crippen LogP contribution in [0.3, 0.4) is 0 Å². The van der Waals surface area contributed by atoms with Crippen LogP contribution in [0, 0.1) is 0 Å². The van der Waals surface area contributed by atoms with Crippen LogP contribution in [0.25, 0.3) is 0 Å². The van der Waals surface area contributed by atoms with Crippen LogP contribution in [-0.4, -0.2) is 12.8 Å². The van der Waals surface area contributed by atoms with Gasteiger partial charge in [0.25, 0.3) is 0 Å². The SMILES string of the molecule is C\C=C(C)/C=C(C)\C=N\CCCCc1ccc(CCCC)cc1. The number of hydrogen-bond donors (Lipinski definition) is 0. The molecule has 0 heterocycles. The Kier molecular flexibility index (Phi) is 10.0. The number of rotatable bonds is 10. The highest BCUT2D eigenvalue weighted by molar-refractivity contribution is 5.78. The minimum atomic E-state index is 0.925. The first-order valence-corrected chi connectivity index (χ1v) is 9.04. The third kappa shape index (κ3) is 9.18. The maximum atomic E-state index is 4.52. The molecule has 0 radical (unpaired) electrons. The molecular weight excluding hydrogens is 278 g/mol. The Bertz CT molecular complexity index is 517. The van der Waals surface area contributed by atoms with Gasteiger partial charge in [0, 0.05) is 12.8 Å². The molecule has 1 nitrogen and oxygen atoms in total. The molecule has 0 saturated heterocycles. The fourth-order valence-corrected chi connectivity index (χ4v) is 2.47. The zero-order valence-electron chi connectivity index (χ0n) is 15.4. The molecule has 0 atom stereocenters. The van der Waals surface area contributed by atoms with Crippen molar-refractivity contribution >= 4 is 6.21 Å². The lowest BCUT2D eigenvalue weighted by Crippen LogP contribution is -1.91. The van der Waals surface area contributed by atoms with Gasteiger partial charge in [0.1, 0.15) is 0 Å². The number of unbranched alkanes of at least 4 members (excludes halogenated alkanes) is 2. The topological polar surface area (TPSA) is 12.4 Å². The van der Waals surface area contributed by atoms with Gasteiger partial charge in [-0.05, 0) is 69.6 Å². The minimum absolute atomic E-state index is 0.925. The van der Waals surface area contributed by atoms with E-state index in [1.165, 1.54) is 48.0 Å². The van der Waals surface area contributed by atoms with Crippen molar-refractivity contribution in [1.82, 2.24) is 0 Å². The summed E-state index contributed by atoms with van der Waals surface area (Å²) in [6, 6.07) is 9.17. The standard InChI is InChI=1S/C22H33N/c1-5-7-10-21-12-14-22(15-13-21)11-8-9-16-23-18-20(4)17-19(3)6-2/h6,12-15,17-18H,5,7-11,16H2,1-4H3/b19-6-,20-17-,23-18+. The molecule has 126 valence electrons. The monoisotopic (exact) mass is 311 g/mol. The van der Waals surface area contributed by atoms with Crippen molar-refractivity contribution in [3.63, 3.8) is 0 Å². The van der Waals surface area contributed by atoms with Crippen molar-refractivity contribution in [2.75, 3.05) is 6.54 Å². The Morgan fingerprint density at radius 3 is 2.09 bits per heavy atom. The van der Waals surface area contributed by atoms with Crippen LogP contribution >= 0.6 is 0 Å². The van der Waals surface area contributed by atoms with Crippen molar-refractivity contribution in [3.8, 4) is 0 Å². The lowest BCUT2D eigenvalue weighted by molar-refractivity contribution is 0.746. The summed E-state index contributed by atoms with van der Waals surface area (Å²) in [5.74, 6) is 0. The summed E-state index contributed by atoms with van der Waals surface area (Å²) in [5.41, 5.74) is 5.44. The maximum Gasteiger partial charge on any atom is 0.0389 e. The highest BCUT2D eigenvalue weighted by atomic mass is 14.7. The first-order valence-electron chi connectivity index (χ1n) is 9.04. The first kappa shape index (κ1) is 19.4. The van der Waals surface area contributed by atoms with Gasteiger partial charge in [-0.2, -0.15) is 0 Å². The van der Waals surface area contributed by atoms with E-state index >= 15 is 0 Å². The van der Waals surface area contributed by atoms with Gasteiger partial charge in [-0.25, -0.2) is 0 Å². The number of nitrogens with zero attached hydrogens (tertiary/aromatic N) is 1. The minimum Gasteiger partial charge on any atom is -0.293 e. The second kappa shape index (κ2) is 11.9. The van der Waals surface area contributed by atoms with E-state index in [0.717, 1.165) is 19.4 Å². The normalized spacial score (nSPS) is 13.0. The molecule has 1 heteroatoms. The predicted molar refractivity (Wildman–Crippen MR) is 105 cm³/mol. The molecule has 0 aromatic heterocycles. The number of hydrogen-bond acceptors (Lipinski definition) is 1. The second-order valence-corrected chi connectivity index (χ2v) is 6.33. The first-order chi connectivity index (χ1) is 11.2. The van der Waals surface area contributed by atoms with Crippen LogP contribution in [0.2, 0.25) is 0 Å². The number of aliphatic imine (C=N–C) groups is 1. The third-order valence-electron chi connectivity index (χ3n) is 4.05. The Balaban J connectivity index is 2.23. The van der Waals surface area contributed by atoms with Gasteiger partial charge in [0.2, 0.25) is 0 Å².